The fourth-order valence-corrected chi connectivity index (χ4v) is 4.77. The average molecular weight is 419 g/mol. The van der Waals surface area contributed by atoms with E-state index < -0.39 is 0 Å². The predicted molar refractivity (Wildman–Crippen MR) is 107 cm³/mol. The van der Waals surface area contributed by atoms with Gasteiger partial charge in [-0.1, -0.05) is 6.92 Å². The van der Waals surface area contributed by atoms with Crippen molar-refractivity contribution in [1.82, 2.24) is 19.5 Å². The molecule has 0 aromatic carbocycles. The number of carbonyl (C=O) groups is 2. The van der Waals surface area contributed by atoms with E-state index in [1.807, 2.05) is 18.5 Å². The van der Waals surface area contributed by atoms with Crippen molar-refractivity contribution in [1.29, 1.82) is 0 Å². The van der Waals surface area contributed by atoms with Gasteiger partial charge in [0.05, 0.1) is 29.2 Å². The van der Waals surface area contributed by atoms with Crippen molar-refractivity contribution in [2.75, 3.05) is 26.4 Å². The van der Waals surface area contributed by atoms with Crippen LogP contribution in [-0.2, 0) is 28.9 Å². The zero-order valence-electron chi connectivity index (χ0n) is 16.8. The Morgan fingerprint density at radius 1 is 1.41 bits per heavy atom. The van der Waals surface area contributed by atoms with Crippen LogP contribution in [0.1, 0.15) is 56.9 Å². The van der Waals surface area contributed by atoms with Crippen LogP contribution in [0.25, 0.3) is 0 Å². The first-order chi connectivity index (χ1) is 14.0. The summed E-state index contributed by atoms with van der Waals surface area (Å²) in [5.41, 5.74) is 3.24. The van der Waals surface area contributed by atoms with E-state index in [9.17, 15) is 9.59 Å². The molecule has 9 heteroatoms. The number of hydrogen-bond acceptors (Lipinski definition) is 7. The van der Waals surface area contributed by atoms with Gasteiger partial charge in [0.25, 0.3) is 5.91 Å². The van der Waals surface area contributed by atoms with Gasteiger partial charge in [-0.2, -0.15) is 9.47 Å². The molecule has 2 aliphatic heterocycles. The number of hydrogen-bond donors (Lipinski definition) is 1. The number of carbonyl (C=O) groups excluding carboxylic acids is 2. The fraction of sp³-hybridized carbons (Fsp3) is 0.600. The van der Waals surface area contributed by atoms with Crippen LogP contribution in [0.15, 0.2) is 6.07 Å². The smallest absolute Gasteiger partial charge is 0.350 e. The second-order valence-electron chi connectivity index (χ2n) is 7.79. The van der Waals surface area contributed by atoms with Crippen molar-refractivity contribution in [3.05, 3.63) is 33.6 Å². The van der Waals surface area contributed by atoms with E-state index in [2.05, 4.69) is 14.8 Å². The van der Waals surface area contributed by atoms with E-state index in [0.29, 0.717) is 43.2 Å². The summed E-state index contributed by atoms with van der Waals surface area (Å²) in [5, 5.41) is 7.79. The van der Waals surface area contributed by atoms with Crippen LogP contribution in [0.2, 0.25) is 0 Å². The second-order valence-corrected chi connectivity index (χ2v) is 8.59. The highest BCUT2D eigenvalue weighted by molar-refractivity contribution is 7.08. The van der Waals surface area contributed by atoms with Crippen LogP contribution in [0.3, 0.4) is 0 Å². The van der Waals surface area contributed by atoms with Gasteiger partial charge in [-0.3, -0.25) is 9.48 Å². The van der Waals surface area contributed by atoms with Gasteiger partial charge in [-0.05, 0) is 55.6 Å². The quantitative estimate of drug-likeness (QED) is 0.748. The minimum Gasteiger partial charge on any atom is -0.459 e. The van der Waals surface area contributed by atoms with E-state index in [1.54, 1.807) is 6.07 Å². The number of aromatic nitrogens is 3. The summed E-state index contributed by atoms with van der Waals surface area (Å²) in [6, 6.07) is 1.72. The molecule has 1 amide bonds. The summed E-state index contributed by atoms with van der Waals surface area (Å²) in [6.07, 6.45) is 3.29. The van der Waals surface area contributed by atoms with E-state index in [-0.39, 0.29) is 23.9 Å². The summed E-state index contributed by atoms with van der Waals surface area (Å²) in [4.78, 5) is 25.5. The molecule has 0 radical (unpaired) electrons. The Morgan fingerprint density at radius 3 is 2.90 bits per heavy atom. The minimum atomic E-state index is -0.372. The zero-order valence-corrected chi connectivity index (χ0v) is 17.6. The number of amides is 1. The number of nitrogens with one attached hydrogen (secondary N) is 1. The molecule has 0 unspecified atom stereocenters. The first-order valence-electron chi connectivity index (χ1n) is 10.1. The highest BCUT2D eigenvalue weighted by Crippen LogP contribution is 2.37. The summed E-state index contributed by atoms with van der Waals surface area (Å²) in [5.74, 6) is -0.424. The summed E-state index contributed by atoms with van der Waals surface area (Å²) >= 11 is 1.14. The number of ether oxygens (including phenoxy) is 2. The Labute approximate surface area is 173 Å². The van der Waals surface area contributed by atoms with Gasteiger partial charge in [0.1, 0.15) is 11.5 Å². The molecule has 2 aromatic rings. The summed E-state index contributed by atoms with van der Waals surface area (Å²) in [7, 11) is 0. The van der Waals surface area contributed by atoms with Crippen molar-refractivity contribution in [2.45, 2.75) is 46.1 Å². The molecule has 1 fully saturated rings. The molecule has 0 bridgehead atoms. The lowest BCUT2D eigenvalue weighted by Crippen LogP contribution is -2.40. The lowest BCUT2D eigenvalue weighted by Gasteiger charge is -2.36. The first kappa shape index (κ1) is 20.0. The standard InChI is InChI=1S/C20H26N4O4S/c1-3-14-17-15(11-20(12-21-18(17)25)4-7-27-8-5-20)24(22-14)6-9-28-19(26)16-10-13(2)23-29-16/h10H,3-9,11-12H2,1-2H3,(H,21,25). The zero-order chi connectivity index (χ0) is 20.4. The van der Waals surface area contributed by atoms with Crippen LogP contribution in [0, 0.1) is 12.3 Å². The lowest BCUT2D eigenvalue weighted by molar-refractivity contribution is 0.0150. The molecule has 0 atom stereocenters. The van der Waals surface area contributed by atoms with Gasteiger partial charge >= 0.3 is 5.97 Å². The van der Waals surface area contributed by atoms with Crippen LogP contribution >= 0.6 is 11.5 Å². The molecule has 29 heavy (non-hydrogen) atoms. The van der Waals surface area contributed by atoms with Crippen molar-refractivity contribution in [3.63, 3.8) is 0 Å². The maximum Gasteiger partial charge on any atom is 0.350 e. The maximum absolute atomic E-state index is 12.8. The molecular weight excluding hydrogens is 392 g/mol. The average Bonchev–Trinajstić information content (AvgIpc) is 3.27. The third kappa shape index (κ3) is 4.06. The normalized spacial score (nSPS) is 18.2. The largest absolute Gasteiger partial charge is 0.459 e. The third-order valence-electron chi connectivity index (χ3n) is 5.78. The summed E-state index contributed by atoms with van der Waals surface area (Å²) in [6.45, 7) is 6.55. The van der Waals surface area contributed by atoms with Crippen molar-refractivity contribution in [3.8, 4) is 0 Å². The van der Waals surface area contributed by atoms with Gasteiger partial charge in [0.15, 0.2) is 0 Å². The number of esters is 1. The van der Waals surface area contributed by atoms with Crippen molar-refractivity contribution in [2.24, 2.45) is 5.41 Å². The van der Waals surface area contributed by atoms with Gasteiger partial charge in [-0.25, -0.2) is 4.79 Å². The van der Waals surface area contributed by atoms with E-state index in [0.717, 1.165) is 47.9 Å². The molecule has 4 rings (SSSR count). The highest BCUT2D eigenvalue weighted by Gasteiger charge is 2.39. The highest BCUT2D eigenvalue weighted by atomic mass is 32.1. The molecule has 0 aliphatic carbocycles. The Balaban J connectivity index is 1.53. The molecule has 4 heterocycles. The monoisotopic (exact) mass is 418 g/mol. The molecule has 1 N–H and O–H groups in total. The number of nitrogens with zero attached hydrogens (tertiary/aromatic N) is 3. The molecule has 1 spiro atoms. The number of rotatable bonds is 5. The molecule has 0 saturated carbocycles. The number of fused-ring (bicyclic) bond motifs is 1. The first-order valence-corrected chi connectivity index (χ1v) is 10.8. The molecule has 8 nitrogen and oxygen atoms in total. The topological polar surface area (TPSA) is 95.3 Å². The molecule has 1 saturated heterocycles. The van der Waals surface area contributed by atoms with Gasteiger partial charge in [0, 0.05) is 19.8 Å². The van der Waals surface area contributed by atoms with Crippen LogP contribution in [0.5, 0.6) is 0 Å². The maximum atomic E-state index is 12.8. The Morgan fingerprint density at radius 2 is 2.21 bits per heavy atom. The third-order valence-corrected chi connectivity index (χ3v) is 6.64. The van der Waals surface area contributed by atoms with Crippen LogP contribution in [-0.4, -0.2) is 52.4 Å². The van der Waals surface area contributed by atoms with Crippen LogP contribution < -0.4 is 5.32 Å². The van der Waals surface area contributed by atoms with Gasteiger partial charge < -0.3 is 14.8 Å². The SMILES string of the molecule is CCc1nn(CCOC(=O)c2cc(C)ns2)c2c1C(=O)NCC1(CCOCC1)C2. The lowest BCUT2D eigenvalue weighted by atomic mass is 9.76. The van der Waals surface area contributed by atoms with E-state index >= 15 is 0 Å². The Hall–Kier alpha value is -2.26. The van der Waals surface area contributed by atoms with Gasteiger partial charge in [0.2, 0.25) is 0 Å². The second kappa shape index (κ2) is 8.23. The Kier molecular flexibility index (Phi) is 5.69. The van der Waals surface area contributed by atoms with Crippen molar-refractivity contribution < 1.29 is 19.1 Å². The summed E-state index contributed by atoms with van der Waals surface area (Å²) < 4.78 is 16.9. The van der Waals surface area contributed by atoms with E-state index in [1.165, 1.54) is 0 Å². The predicted octanol–water partition coefficient (Wildman–Crippen LogP) is 2.15. The van der Waals surface area contributed by atoms with Crippen LogP contribution in [0.4, 0.5) is 0 Å². The molecule has 2 aromatic heterocycles. The number of aryl methyl sites for hydroxylation is 2. The van der Waals surface area contributed by atoms with Crippen molar-refractivity contribution >= 4 is 23.4 Å². The fourth-order valence-electron chi connectivity index (χ4n) is 4.11. The molecule has 156 valence electrons. The molecular formula is C20H26N4O4S. The van der Waals surface area contributed by atoms with E-state index in [4.69, 9.17) is 9.47 Å². The Bertz CT molecular complexity index is 914. The minimum absolute atomic E-state index is 0.00119. The van der Waals surface area contributed by atoms with Gasteiger partial charge in [-0.15, -0.1) is 0 Å². The molecule has 2 aliphatic rings.